The number of hydrogen-bond acceptors (Lipinski definition) is 2. The van der Waals surface area contributed by atoms with E-state index in [1.54, 1.807) is 12.0 Å². The van der Waals surface area contributed by atoms with Gasteiger partial charge in [-0.3, -0.25) is 4.79 Å². The van der Waals surface area contributed by atoms with Gasteiger partial charge in [0, 0.05) is 25.2 Å². The molecule has 0 aliphatic carbocycles. The number of likely N-dealkylation sites (N-methyl/N-ethyl adjacent to an activating group) is 1. The molecule has 0 saturated heterocycles. The van der Waals surface area contributed by atoms with Gasteiger partial charge in [0.1, 0.15) is 0 Å². The van der Waals surface area contributed by atoms with Crippen molar-refractivity contribution in [3.05, 3.63) is 34.9 Å². The minimum atomic E-state index is 0.110. The third-order valence-corrected chi connectivity index (χ3v) is 3.27. The van der Waals surface area contributed by atoms with Crippen LogP contribution in [0.1, 0.15) is 18.9 Å². The normalized spacial score (nSPS) is 12.2. The largest absolute Gasteiger partial charge is 0.384 e. The Morgan fingerprint density at radius 3 is 2.56 bits per heavy atom. The van der Waals surface area contributed by atoms with Crippen LogP contribution >= 0.6 is 11.6 Å². The summed E-state index contributed by atoms with van der Waals surface area (Å²) in [6.07, 6.45) is 1.25. The van der Waals surface area contributed by atoms with Gasteiger partial charge in [0.05, 0.1) is 13.0 Å². The minimum Gasteiger partial charge on any atom is -0.384 e. The molecule has 3 nitrogen and oxygen atoms in total. The van der Waals surface area contributed by atoms with Crippen LogP contribution in [-0.2, 0) is 16.0 Å². The van der Waals surface area contributed by atoms with Crippen LogP contribution in [0.2, 0.25) is 5.02 Å². The highest BCUT2D eigenvalue weighted by molar-refractivity contribution is 6.30. The zero-order chi connectivity index (χ0) is 13.5. The van der Waals surface area contributed by atoms with Crippen molar-refractivity contribution in [2.75, 3.05) is 20.8 Å². The highest BCUT2D eigenvalue weighted by Gasteiger charge is 2.15. The number of amides is 1. The molecular formula is C14H20ClNO2. The summed E-state index contributed by atoms with van der Waals surface area (Å²) in [6, 6.07) is 7.89. The molecule has 1 aromatic rings. The molecule has 1 rings (SSSR count). The molecule has 18 heavy (non-hydrogen) atoms. The number of ether oxygens (including phenoxy) is 1. The SMILES string of the molecule is COCCC(=O)N(C)[C@H](C)Cc1ccc(Cl)cc1. The first-order valence-corrected chi connectivity index (χ1v) is 6.41. The fourth-order valence-electron chi connectivity index (χ4n) is 1.71. The smallest absolute Gasteiger partial charge is 0.224 e. The molecule has 0 aliphatic heterocycles. The summed E-state index contributed by atoms with van der Waals surface area (Å²) in [4.78, 5) is 13.6. The third-order valence-electron chi connectivity index (χ3n) is 3.02. The molecule has 0 unspecified atom stereocenters. The number of rotatable bonds is 6. The van der Waals surface area contributed by atoms with Crippen molar-refractivity contribution in [1.82, 2.24) is 4.90 Å². The van der Waals surface area contributed by atoms with Gasteiger partial charge < -0.3 is 9.64 Å². The fraction of sp³-hybridized carbons (Fsp3) is 0.500. The van der Waals surface area contributed by atoms with E-state index in [-0.39, 0.29) is 11.9 Å². The van der Waals surface area contributed by atoms with Gasteiger partial charge in [-0.15, -0.1) is 0 Å². The molecule has 0 heterocycles. The highest BCUT2D eigenvalue weighted by Crippen LogP contribution is 2.13. The Bertz CT molecular complexity index is 378. The summed E-state index contributed by atoms with van der Waals surface area (Å²) in [5.74, 6) is 0.110. The van der Waals surface area contributed by atoms with Crippen LogP contribution in [0.25, 0.3) is 0 Å². The maximum absolute atomic E-state index is 11.8. The van der Waals surface area contributed by atoms with Crippen LogP contribution in [0.5, 0.6) is 0 Å². The summed E-state index contributed by atoms with van der Waals surface area (Å²) >= 11 is 5.84. The van der Waals surface area contributed by atoms with E-state index in [9.17, 15) is 4.79 Å². The lowest BCUT2D eigenvalue weighted by molar-refractivity contribution is -0.132. The van der Waals surface area contributed by atoms with Crippen molar-refractivity contribution >= 4 is 17.5 Å². The van der Waals surface area contributed by atoms with Gasteiger partial charge in [-0.1, -0.05) is 23.7 Å². The Labute approximate surface area is 114 Å². The monoisotopic (exact) mass is 269 g/mol. The number of carbonyl (C=O) groups excluding carboxylic acids is 1. The zero-order valence-electron chi connectivity index (χ0n) is 11.1. The summed E-state index contributed by atoms with van der Waals surface area (Å²) in [5.41, 5.74) is 1.18. The van der Waals surface area contributed by atoms with Crippen molar-refractivity contribution in [2.45, 2.75) is 25.8 Å². The van der Waals surface area contributed by atoms with Gasteiger partial charge in [-0.25, -0.2) is 0 Å². The summed E-state index contributed by atoms with van der Waals surface area (Å²) in [6.45, 7) is 2.51. The number of nitrogens with zero attached hydrogens (tertiary/aromatic N) is 1. The van der Waals surface area contributed by atoms with Crippen LogP contribution in [0.15, 0.2) is 24.3 Å². The van der Waals surface area contributed by atoms with E-state index < -0.39 is 0 Å². The maximum atomic E-state index is 11.8. The lowest BCUT2D eigenvalue weighted by atomic mass is 10.1. The summed E-state index contributed by atoms with van der Waals surface area (Å²) in [7, 11) is 3.43. The average molecular weight is 270 g/mol. The molecule has 0 aliphatic rings. The van der Waals surface area contributed by atoms with E-state index in [0.717, 1.165) is 11.4 Å². The second-order valence-electron chi connectivity index (χ2n) is 4.43. The number of benzene rings is 1. The van der Waals surface area contributed by atoms with E-state index >= 15 is 0 Å². The van der Waals surface area contributed by atoms with Crippen LogP contribution in [0, 0.1) is 0 Å². The first-order chi connectivity index (χ1) is 8.54. The lowest BCUT2D eigenvalue weighted by Gasteiger charge is -2.25. The molecule has 0 fully saturated rings. The number of halogens is 1. The zero-order valence-corrected chi connectivity index (χ0v) is 11.9. The molecular weight excluding hydrogens is 250 g/mol. The Morgan fingerprint density at radius 1 is 1.39 bits per heavy atom. The van der Waals surface area contributed by atoms with Gasteiger partial charge >= 0.3 is 0 Å². The number of carbonyl (C=O) groups is 1. The van der Waals surface area contributed by atoms with Crippen LogP contribution < -0.4 is 0 Å². The van der Waals surface area contributed by atoms with E-state index in [1.807, 2.05) is 38.2 Å². The highest BCUT2D eigenvalue weighted by atomic mass is 35.5. The Morgan fingerprint density at radius 2 is 2.00 bits per heavy atom. The van der Waals surface area contributed by atoms with Gasteiger partial charge in [0.25, 0.3) is 0 Å². The molecule has 0 bridgehead atoms. The second kappa shape index (κ2) is 7.39. The predicted molar refractivity (Wildman–Crippen MR) is 73.9 cm³/mol. The van der Waals surface area contributed by atoms with Gasteiger partial charge in [0.2, 0.25) is 5.91 Å². The quantitative estimate of drug-likeness (QED) is 0.795. The molecule has 0 aromatic heterocycles. The van der Waals surface area contributed by atoms with Crippen molar-refractivity contribution in [1.29, 1.82) is 0 Å². The summed E-state index contributed by atoms with van der Waals surface area (Å²) < 4.78 is 4.91. The Hall–Kier alpha value is -1.06. The molecule has 1 atom stereocenters. The van der Waals surface area contributed by atoms with E-state index in [4.69, 9.17) is 16.3 Å². The molecule has 1 amide bonds. The maximum Gasteiger partial charge on any atom is 0.224 e. The Balaban J connectivity index is 2.51. The number of hydrogen-bond donors (Lipinski definition) is 0. The average Bonchev–Trinajstić information content (AvgIpc) is 2.37. The number of methoxy groups -OCH3 is 1. The van der Waals surface area contributed by atoms with E-state index in [2.05, 4.69) is 0 Å². The van der Waals surface area contributed by atoms with Crippen LogP contribution in [0.4, 0.5) is 0 Å². The molecule has 100 valence electrons. The van der Waals surface area contributed by atoms with Crippen molar-refractivity contribution < 1.29 is 9.53 Å². The molecule has 0 N–H and O–H groups in total. The molecule has 0 radical (unpaired) electrons. The van der Waals surface area contributed by atoms with Crippen LogP contribution in [0.3, 0.4) is 0 Å². The first kappa shape index (κ1) is 15.0. The first-order valence-electron chi connectivity index (χ1n) is 6.03. The molecule has 0 saturated carbocycles. The fourth-order valence-corrected chi connectivity index (χ4v) is 1.84. The van der Waals surface area contributed by atoms with Crippen molar-refractivity contribution in [3.8, 4) is 0 Å². The molecule has 0 spiro atoms. The topological polar surface area (TPSA) is 29.5 Å². The third kappa shape index (κ3) is 4.67. The van der Waals surface area contributed by atoms with Crippen molar-refractivity contribution in [3.63, 3.8) is 0 Å². The predicted octanol–water partition coefficient (Wildman–Crippen LogP) is 2.77. The summed E-state index contributed by atoms with van der Waals surface area (Å²) in [5, 5.41) is 0.732. The second-order valence-corrected chi connectivity index (χ2v) is 4.86. The van der Waals surface area contributed by atoms with Gasteiger partial charge in [-0.05, 0) is 31.0 Å². The minimum absolute atomic E-state index is 0.110. The lowest BCUT2D eigenvalue weighted by Crippen LogP contribution is -2.36. The van der Waals surface area contributed by atoms with E-state index in [0.29, 0.717) is 13.0 Å². The molecule has 1 aromatic carbocycles. The van der Waals surface area contributed by atoms with Crippen molar-refractivity contribution in [2.24, 2.45) is 0 Å². The van der Waals surface area contributed by atoms with Gasteiger partial charge in [0.15, 0.2) is 0 Å². The Kier molecular flexibility index (Phi) is 6.16. The standard InChI is InChI=1S/C14H20ClNO2/c1-11(16(2)14(17)8-9-18-3)10-12-4-6-13(15)7-5-12/h4-7,11H,8-10H2,1-3H3/t11-/m1/s1. The van der Waals surface area contributed by atoms with Crippen LogP contribution in [-0.4, -0.2) is 37.6 Å². The van der Waals surface area contributed by atoms with Gasteiger partial charge in [-0.2, -0.15) is 0 Å². The molecule has 4 heteroatoms. The van der Waals surface area contributed by atoms with E-state index in [1.165, 1.54) is 5.56 Å².